The first kappa shape index (κ1) is 19.7. The zero-order chi connectivity index (χ0) is 19.8. The molecule has 2 heterocycles. The number of rotatable bonds is 8. The van der Waals surface area contributed by atoms with Gasteiger partial charge in [-0.2, -0.15) is 5.10 Å². The van der Waals surface area contributed by atoms with Gasteiger partial charge in [-0.1, -0.05) is 12.1 Å². The Morgan fingerprint density at radius 1 is 1.18 bits per heavy atom. The van der Waals surface area contributed by atoms with E-state index in [-0.39, 0.29) is 6.04 Å². The van der Waals surface area contributed by atoms with Gasteiger partial charge in [0.15, 0.2) is 5.96 Å². The van der Waals surface area contributed by atoms with Crippen molar-refractivity contribution >= 4 is 5.96 Å². The summed E-state index contributed by atoms with van der Waals surface area (Å²) in [5.41, 5.74) is 2.24. The number of aryl methyl sites for hydroxylation is 2. The molecular weight excluding hydrogens is 350 g/mol. The second kappa shape index (κ2) is 9.73. The van der Waals surface area contributed by atoms with E-state index in [2.05, 4.69) is 61.5 Å². The van der Waals surface area contributed by atoms with E-state index in [1.165, 1.54) is 5.56 Å². The monoisotopic (exact) mass is 379 g/mol. The number of guanidine groups is 1. The van der Waals surface area contributed by atoms with Gasteiger partial charge in [0.05, 0.1) is 11.7 Å². The lowest BCUT2D eigenvalue weighted by atomic mass is 10.1. The van der Waals surface area contributed by atoms with E-state index in [0.29, 0.717) is 0 Å². The molecule has 0 aliphatic heterocycles. The molecule has 7 heteroatoms. The zero-order valence-electron chi connectivity index (χ0n) is 16.8. The molecule has 1 aromatic carbocycles. The van der Waals surface area contributed by atoms with Crippen molar-refractivity contribution in [3.05, 3.63) is 66.5 Å². The molecule has 0 fully saturated rings. The highest BCUT2D eigenvalue weighted by atomic mass is 15.3. The molecule has 0 saturated carbocycles. The van der Waals surface area contributed by atoms with Gasteiger partial charge >= 0.3 is 0 Å². The molecular formula is C21H29N7. The molecule has 148 valence electrons. The van der Waals surface area contributed by atoms with Crippen molar-refractivity contribution in [2.75, 3.05) is 13.6 Å². The van der Waals surface area contributed by atoms with Crippen molar-refractivity contribution in [1.82, 2.24) is 30.0 Å². The van der Waals surface area contributed by atoms with Gasteiger partial charge in [-0.25, -0.2) is 9.67 Å². The molecule has 3 aromatic rings. The molecule has 0 aliphatic rings. The average Bonchev–Trinajstić information content (AvgIpc) is 3.39. The first-order valence-corrected chi connectivity index (χ1v) is 9.72. The molecule has 1 atom stereocenters. The molecule has 0 spiro atoms. The highest BCUT2D eigenvalue weighted by Gasteiger charge is 2.09. The predicted molar refractivity (Wildman–Crippen MR) is 113 cm³/mol. The Morgan fingerprint density at radius 2 is 2.07 bits per heavy atom. The number of aromatic nitrogens is 4. The van der Waals surface area contributed by atoms with Crippen LogP contribution in [0.15, 0.2) is 60.1 Å². The van der Waals surface area contributed by atoms with Gasteiger partial charge in [0.1, 0.15) is 5.82 Å². The fraction of sp³-hybridized carbons (Fsp3) is 0.381. The Hall–Kier alpha value is -3.09. The van der Waals surface area contributed by atoms with Crippen LogP contribution in [-0.4, -0.2) is 38.9 Å². The summed E-state index contributed by atoms with van der Waals surface area (Å²) >= 11 is 0. The van der Waals surface area contributed by atoms with Crippen molar-refractivity contribution in [2.45, 2.75) is 39.3 Å². The first-order valence-electron chi connectivity index (χ1n) is 9.72. The van der Waals surface area contributed by atoms with Crippen molar-refractivity contribution in [2.24, 2.45) is 4.99 Å². The molecule has 0 bridgehead atoms. The van der Waals surface area contributed by atoms with Gasteiger partial charge in [0.25, 0.3) is 0 Å². The van der Waals surface area contributed by atoms with Crippen LogP contribution in [0.2, 0.25) is 0 Å². The molecule has 0 radical (unpaired) electrons. The van der Waals surface area contributed by atoms with Gasteiger partial charge in [0.2, 0.25) is 0 Å². The maximum Gasteiger partial charge on any atom is 0.191 e. The van der Waals surface area contributed by atoms with Crippen molar-refractivity contribution < 1.29 is 0 Å². The first-order chi connectivity index (χ1) is 13.7. The van der Waals surface area contributed by atoms with E-state index in [9.17, 15) is 0 Å². The number of aliphatic imine (C=N–C) groups is 1. The maximum absolute atomic E-state index is 4.35. The van der Waals surface area contributed by atoms with Crippen LogP contribution < -0.4 is 10.6 Å². The summed E-state index contributed by atoms with van der Waals surface area (Å²) in [6.07, 6.45) is 9.78. The third kappa shape index (κ3) is 5.22. The van der Waals surface area contributed by atoms with E-state index in [0.717, 1.165) is 43.4 Å². The molecule has 0 amide bonds. The summed E-state index contributed by atoms with van der Waals surface area (Å²) in [5, 5.41) is 11.2. The van der Waals surface area contributed by atoms with E-state index in [1.54, 1.807) is 13.2 Å². The Kier molecular flexibility index (Phi) is 6.84. The van der Waals surface area contributed by atoms with E-state index < -0.39 is 0 Å². The van der Waals surface area contributed by atoms with Crippen LogP contribution in [0.3, 0.4) is 0 Å². The highest BCUT2D eigenvalue weighted by Crippen LogP contribution is 2.16. The largest absolute Gasteiger partial charge is 0.356 e. The van der Waals surface area contributed by atoms with Gasteiger partial charge in [-0.05, 0) is 50.5 Å². The van der Waals surface area contributed by atoms with Crippen LogP contribution in [0.1, 0.15) is 37.2 Å². The quantitative estimate of drug-likeness (QED) is 0.358. The lowest BCUT2D eigenvalue weighted by Crippen LogP contribution is -2.39. The number of unbranched alkanes of at least 4 members (excludes halogenated alkanes) is 1. The van der Waals surface area contributed by atoms with Crippen LogP contribution in [0.5, 0.6) is 0 Å². The van der Waals surface area contributed by atoms with E-state index in [1.807, 2.05) is 36.3 Å². The van der Waals surface area contributed by atoms with Crippen molar-refractivity contribution in [1.29, 1.82) is 0 Å². The summed E-state index contributed by atoms with van der Waals surface area (Å²) in [6.45, 7) is 6.05. The smallest absolute Gasteiger partial charge is 0.191 e. The Balaban J connectivity index is 1.46. The lowest BCUT2D eigenvalue weighted by Gasteiger charge is -2.19. The van der Waals surface area contributed by atoms with E-state index in [4.69, 9.17) is 0 Å². The van der Waals surface area contributed by atoms with Gasteiger partial charge in [-0.15, -0.1) is 0 Å². The second-order valence-corrected chi connectivity index (χ2v) is 6.79. The van der Waals surface area contributed by atoms with Gasteiger partial charge < -0.3 is 15.2 Å². The molecule has 28 heavy (non-hydrogen) atoms. The minimum absolute atomic E-state index is 0.135. The Bertz CT molecular complexity index is 880. The SMILES string of the molecule is CN=C(NCCCCn1ccnc1C)NC(C)c1cccc(-n2cccn2)c1. The highest BCUT2D eigenvalue weighted by molar-refractivity contribution is 5.80. The molecule has 7 nitrogen and oxygen atoms in total. The minimum atomic E-state index is 0.135. The maximum atomic E-state index is 4.35. The molecule has 2 N–H and O–H groups in total. The van der Waals surface area contributed by atoms with Gasteiger partial charge in [0, 0.05) is 44.9 Å². The number of nitrogens with zero attached hydrogens (tertiary/aromatic N) is 5. The number of imidazole rings is 1. The third-order valence-electron chi connectivity index (χ3n) is 4.76. The topological polar surface area (TPSA) is 72.1 Å². The predicted octanol–water partition coefficient (Wildman–Crippen LogP) is 3.08. The van der Waals surface area contributed by atoms with Crippen LogP contribution in [-0.2, 0) is 6.54 Å². The number of hydrogen-bond acceptors (Lipinski definition) is 3. The van der Waals surface area contributed by atoms with Crippen LogP contribution in [0, 0.1) is 6.92 Å². The van der Waals surface area contributed by atoms with Crippen LogP contribution in [0.4, 0.5) is 0 Å². The summed E-state index contributed by atoms with van der Waals surface area (Å²) in [4.78, 5) is 8.60. The fourth-order valence-electron chi connectivity index (χ4n) is 3.10. The number of benzene rings is 1. The normalized spacial score (nSPS) is 12.8. The lowest BCUT2D eigenvalue weighted by molar-refractivity contribution is 0.585. The summed E-state index contributed by atoms with van der Waals surface area (Å²) in [6, 6.07) is 10.4. The number of nitrogens with one attached hydrogen (secondary N) is 2. The summed E-state index contributed by atoms with van der Waals surface area (Å²) in [7, 11) is 1.80. The Morgan fingerprint density at radius 3 is 2.79 bits per heavy atom. The van der Waals surface area contributed by atoms with Crippen molar-refractivity contribution in [3.63, 3.8) is 0 Å². The Labute approximate surface area is 166 Å². The van der Waals surface area contributed by atoms with Crippen LogP contribution >= 0.6 is 0 Å². The zero-order valence-corrected chi connectivity index (χ0v) is 16.8. The van der Waals surface area contributed by atoms with E-state index >= 15 is 0 Å². The average molecular weight is 380 g/mol. The van der Waals surface area contributed by atoms with Gasteiger partial charge in [-0.3, -0.25) is 4.99 Å². The second-order valence-electron chi connectivity index (χ2n) is 6.79. The minimum Gasteiger partial charge on any atom is -0.356 e. The third-order valence-corrected chi connectivity index (χ3v) is 4.76. The number of hydrogen-bond donors (Lipinski definition) is 2. The molecule has 1 unspecified atom stereocenters. The molecule has 3 rings (SSSR count). The molecule has 0 aliphatic carbocycles. The molecule has 0 saturated heterocycles. The van der Waals surface area contributed by atoms with Crippen LogP contribution in [0.25, 0.3) is 5.69 Å². The fourth-order valence-corrected chi connectivity index (χ4v) is 3.10. The summed E-state index contributed by atoms with van der Waals surface area (Å²) < 4.78 is 4.05. The molecule has 2 aromatic heterocycles. The summed E-state index contributed by atoms with van der Waals surface area (Å²) in [5.74, 6) is 1.88. The van der Waals surface area contributed by atoms with Crippen molar-refractivity contribution in [3.8, 4) is 5.69 Å². The standard InChI is InChI=1S/C21H29N7/c1-17(19-8-6-9-20(16-19)28-14-7-11-25-28)26-21(22-3)24-10-4-5-13-27-15-12-23-18(27)2/h6-9,11-12,14-17H,4-5,10,13H2,1-3H3,(H2,22,24,26).